The van der Waals surface area contributed by atoms with Gasteiger partial charge in [-0.2, -0.15) is 0 Å². The Morgan fingerprint density at radius 3 is 1.31 bits per heavy atom. The monoisotopic (exact) mass is 262 g/mol. The molecule has 8 nitrogen and oxygen atoms in total. The van der Waals surface area contributed by atoms with Gasteiger partial charge in [0, 0.05) is 0 Å². The van der Waals surface area contributed by atoms with Gasteiger partial charge in [-0.15, -0.1) is 0 Å². The van der Waals surface area contributed by atoms with Crippen molar-refractivity contribution in [3.05, 3.63) is 0 Å². The Balaban J connectivity index is 0.000000720. The van der Waals surface area contributed by atoms with Gasteiger partial charge in [0.2, 0.25) is 0 Å². The summed E-state index contributed by atoms with van der Waals surface area (Å²) in [6.07, 6.45) is 0. The molecule has 0 aliphatic carbocycles. The first-order valence-electron chi connectivity index (χ1n) is 2.83. The second-order valence-electron chi connectivity index (χ2n) is 1.84. The molecule has 2 fully saturated rings. The Bertz CT molecular complexity index is 122. The third-order valence-corrected chi connectivity index (χ3v) is 1.11. The van der Waals surface area contributed by atoms with E-state index in [2.05, 4.69) is 22.9 Å². The van der Waals surface area contributed by atoms with Crippen LogP contribution in [-0.2, 0) is 22.9 Å². The van der Waals surface area contributed by atoms with Gasteiger partial charge in [-0.25, -0.2) is 0 Å². The number of fused-ring (bicyclic) bond motifs is 2. The van der Waals surface area contributed by atoms with Crippen molar-refractivity contribution >= 4 is 74.8 Å². The van der Waals surface area contributed by atoms with Gasteiger partial charge in [0.05, 0.1) is 0 Å². The zero-order valence-corrected chi connectivity index (χ0v) is 9.85. The van der Waals surface area contributed by atoms with Gasteiger partial charge in [0.15, 0.2) is 0 Å². The van der Waals surface area contributed by atoms with Gasteiger partial charge in [-0.1, -0.05) is 0 Å². The number of hydrogen-bond donors (Lipinski definition) is 0. The molecule has 64 valence electrons. The van der Waals surface area contributed by atoms with E-state index < -0.39 is 29.3 Å². The molecule has 0 aromatic heterocycles. The summed E-state index contributed by atoms with van der Waals surface area (Å²) in [4.78, 5) is 0. The number of hydrogen-bond acceptors (Lipinski definition) is 7. The van der Waals surface area contributed by atoms with Crippen LogP contribution in [0.25, 0.3) is 0 Å². The van der Waals surface area contributed by atoms with Gasteiger partial charge >= 0.3 is 74.8 Å². The van der Waals surface area contributed by atoms with Crippen molar-refractivity contribution in [2.24, 2.45) is 0 Å². The quantitative estimate of drug-likeness (QED) is 0.398. The van der Waals surface area contributed by atoms with Crippen molar-refractivity contribution in [3.63, 3.8) is 0 Å². The molecule has 2 saturated heterocycles. The molecule has 0 radical (unpaired) electrons. The zero-order valence-electron chi connectivity index (χ0n) is 6.37. The van der Waals surface area contributed by atoms with Crippen molar-refractivity contribution in [1.82, 2.24) is 0 Å². The largest absolute Gasteiger partial charge is 2.00 e. The van der Waals surface area contributed by atoms with Gasteiger partial charge in [-0.05, 0) is 0 Å². The normalized spacial score (nSPS) is 20.8. The van der Waals surface area contributed by atoms with Crippen LogP contribution in [0.1, 0.15) is 0 Å². The number of rotatable bonds is 0. The van der Waals surface area contributed by atoms with E-state index in [4.69, 9.17) is 0 Å². The van der Waals surface area contributed by atoms with E-state index in [1.54, 1.807) is 0 Å². The summed E-state index contributed by atoms with van der Waals surface area (Å²) in [5, 5.41) is 21.0. The molecule has 0 spiro atoms. The molecule has 0 aromatic rings. The first kappa shape index (κ1) is 14.4. The van der Waals surface area contributed by atoms with E-state index in [0.717, 1.165) is 0 Å². The van der Waals surface area contributed by atoms with Crippen LogP contribution in [0.2, 0.25) is 0 Å². The van der Waals surface area contributed by atoms with Crippen molar-refractivity contribution < 1.29 is 38.4 Å². The average molecular weight is 261 g/mol. The van der Waals surface area contributed by atoms with Crippen molar-refractivity contribution in [2.75, 3.05) is 0 Å². The molecule has 0 amide bonds. The maximum absolute atomic E-state index is 10.5. The third-order valence-electron chi connectivity index (χ3n) is 1.11. The summed E-state index contributed by atoms with van der Waals surface area (Å²) >= 11 is 0. The molecule has 2 heterocycles. The fourth-order valence-corrected chi connectivity index (χ4v) is 0.710. The molecule has 2 rings (SSSR count). The SMILES string of the molecule is O.[O-]B1OB2OB([O-])OB(O1)O2.[Sr+2]. The summed E-state index contributed by atoms with van der Waals surface area (Å²) < 4.78 is 21.9. The minimum absolute atomic E-state index is 0. The van der Waals surface area contributed by atoms with Gasteiger partial charge in [0.1, 0.15) is 0 Å². The Hall–Kier alpha value is 1.42. The molecule has 0 unspecified atom stereocenters. The molecule has 0 atom stereocenters. The standard InChI is InChI=1S/B4O7.H2O.Sr/c5-1-7-3-9-2(6)10-4(8-1)11-3;;/h;1H2;/q-2;;+2. The fourth-order valence-electron chi connectivity index (χ4n) is 0.710. The van der Waals surface area contributed by atoms with E-state index in [1.165, 1.54) is 0 Å². The molecular weight excluding hydrogens is 259 g/mol. The minimum atomic E-state index is -1.73. The van der Waals surface area contributed by atoms with E-state index in [0.29, 0.717) is 0 Å². The smallest absolute Gasteiger partial charge is 0.833 e. The summed E-state index contributed by atoms with van der Waals surface area (Å²) in [5.41, 5.74) is 0. The predicted octanol–water partition coefficient (Wildman–Crippen LogP) is -5.45. The van der Waals surface area contributed by atoms with Gasteiger partial charge in [-0.3, -0.25) is 0 Å². The third kappa shape index (κ3) is 3.81. The van der Waals surface area contributed by atoms with Crippen LogP contribution in [0.5, 0.6) is 0 Å². The van der Waals surface area contributed by atoms with E-state index in [-0.39, 0.29) is 51.0 Å². The summed E-state index contributed by atoms with van der Waals surface area (Å²) in [6, 6.07) is 0. The topological polar surface area (TPSA) is 124 Å². The maximum atomic E-state index is 10.5. The zero-order chi connectivity index (χ0) is 7.84. The second-order valence-corrected chi connectivity index (χ2v) is 1.84. The Labute approximate surface area is 112 Å². The molecule has 2 aliphatic rings. The fraction of sp³-hybridized carbons (Fsp3) is 0. The predicted molar refractivity (Wildman–Crippen MR) is 37.8 cm³/mol. The summed E-state index contributed by atoms with van der Waals surface area (Å²) in [6.45, 7) is 0. The second kappa shape index (κ2) is 6.10. The van der Waals surface area contributed by atoms with Crippen LogP contribution < -0.4 is 10.0 Å². The van der Waals surface area contributed by atoms with Crippen molar-refractivity contribution in [3.8, 4) is 0 Å². The first-order valence-corrected chi connectivity index (χ1v) is 2.83. The first-order chi connectivity index (χ1) is 5.24. The van der Waals surface area contributed by atoms with Crippen LogP contribution in [0.4, 0.5) is 0 Å². The Morgan fingerprint density at radius 2 is 1.00 bits per heavy atom. The molecule has 2 bridgehead atoms. The summed E-state index contributed by atoms with van der Waals surface area (Å²) in [5.74, 6) is 0. The average Bonchev–Trinajstić information content (AvgIpc) is 1.82. The van der Waals surface area contributed by atoms with Crippen molar-refractivity contribution in [1.29, 1.82) is 0 Å². The van der Waals surface area contributed by atoms with Crippen LogP contribution in [0.15, 0.2) is 0 Å². The molecule has 13 heteroatoms. The molecule has 0 aromatic carbocycles. The molecule has 0 saturated carbocycles. The van der Waals surface area contributed by atoms with E-state index in [9.17, 15) is 10.0 Å². The maximum Gasteiger partial charge on any atom is 2.00 e. The molecule has 2 aliphatic heterocycles. The molecule has 2 N–H and O–H groups in total. The van der Waals surface area contributed by atoms with Crippen LogP contribution in [-0.4, -0.2) is 80.2 Å². The van der Waals surface area contributed by atoms with Crippen LogP contribution >= 0.6 is 0 Å². The van der Waals surface area contributed by atoms with Crippen LogP contribution in [0.3, 0.4) is 0 Å². The molecular formula is H2B4O8Sr. The minimum Gasteiger partial charge on any atom is -0.833 e. The van der Waals surface area contributed by atoms with E-state index >= 15 is 0 Å². The van der Waals surface area contributed by atoms with Crippen LogP contribution in [0, 0.1) is 0 Å². The Morgan fingerprint density at radius 1 is 0.692 bits per heavy atom. The van der Waals surface area contributed by atoms with Crippen molar-refractivity contribution in [2.45, 2.75) is 0 Å². The molecule has 13 heavy (non-hydrogen) atoms. The van der Waals surface area contributed by atoms with E-state index in [1.807, 2.05) is 0 Å². The van der Waals surface area contributed by atoms with Gasteiger partial charge < -0.3 is 38.4 Å². The van der Waals surface area contributed by atoms with Gasteiger partial charge in [0.25, 0.3) is 0 Å². The summed E-state index contributed by atoms with van der Waals surface area (Å²) in [7, 11) is -6.00. The Kier molecular flexibility index (Phi) is 6.77.